The van der Waals surface area contributed by atoms with Crippen LogP contribution < -0.4 is 10.1 Å². The van der Waals surface area contributed by atoms with Crippen LogP contribution in [0.15, 0.2) is 47.4 Å². The van der Waals surface area contributed by atoms with Crippen molar-refractivity contribution in [3.63, 3.8) is 0 Å². The van der Waals surface area contributed by atoms with Crippen LogP contribution in [0.4, 0.5) is 18.9 Å². The van der Waals surface area contributed by atoms with Gasteiger partial charge in [-0.2, -0.15) is 17.5 Å². The average Bonchev–Trinajstić information content (AvgIpc) is 2.66. The number of ether oxygens (including phenoxy) is 1. The molecule has 0 aliphatic carbocycles. The summed E-state index contributed by atoms with van der Waals surface area (Å²) in [5, 5.41) is 2.58. The fraction of sp³-hybridized carbons (Fsp3) is 0.316. The first-order chi connectivity index (χ1) is 13.8. The molecular formula is C19H20ClF3N2O4S. The van der Waals surface area contributed by atoms with Crippen LogP contribution in [0.3, 0.4) is 0 Å². The van der Waals surface area contributed by atoms with Gasteiger partial charge >= 0.3 is 6.18 Å². The molecular weight excluding hydrogens is 445 g/mol. The number of hydrogen-bond donors (Lipinski definition) is 1. The molecule has 2 aromatic rings. The minimum atomic E-state index is -4.56. The van der Waals surface area contributed by atoms with Crippen molar-refractivity contribution in [2.75, 3.05) is 19.0 Å². The van der Waals surface area contributed by atoms with Crippen molar-refractivity contribution in [1.29, 1.82) is 0 Å². The molecule has 30 heavy (non-hydrogen) atoms. The molecule has 1 amide bonds. The van der Waals surface area contributed by atoms with E-state index in [0.29, 0.717) is 0 Å². The summed E-state index contributed by atoms with van der Waals surface area (Å²) in [6, 6.07) is 8.76. The Labute approximate surface area is 177 Å². The summed E-state index contributed by atoms with van der Waals surface area (Å²) in [7, 11) is -2.40. The van der Waals surface area contributed by atoms with E-state index in [1.54, 1.807) is 13.8 Å². The second-order valence-electron chi connectivity index (χ2n) is 6.64. The first-order valence-electron chi connectivity index (χ1n) is 8.70. The largest absolute Gasteiger partial charge is 0.482 e. The summed E-state index contributed by atoms with van der Waals surface area (Å²) in [5.41, 5.74) is -0.0840. The van der Waals surface area contributed by atoms with Crippen molar-refractivity contribution < 1.29 is 31.1 Å². The van der Waals surface area contributed by atoms with E-state index in [-0.39, 0.29) is 33.0 Å². The maximum absolute atomic E-state index is 12.6. The number of nitrogens with one attached hydrogen (secondary N) is 1. The molecule has 0 saturated carbocycles. The first-order valence-corrected chi connectivity index (χ1v) is 10.5. The Morgan fingerprint density at radius 3 is 2.47 bits per heavy atom. The minimum Gasteiger partial charge on any atom is -0.482 e. The number of benzene rings is 2. The highest BCUT2D eigenvalue weighted by Gasteiger charge is 2.29. The van der Waals surface area contributed by atoms with Gasteiger partial charge in [-0.05, 0) is 50.2 Å². The van der Waals surface area contributed by atoms with Crippen molar-refractivity contribution in [3.05, 3.63) is 53.1 Å². The smallest absolute Gasteiger partial charge is 0.422 e. The molecule has 0 atom stereocenters. The van der Waals surface area contributed by atoms with Crippen molar-refractivity contribution in [1.82, 2.24) is 4.31 Å². The number of carbonyl (C=O) groups excluding carboxylic acids is 1. The number of hydrogen-bond acceptors (Lipinski definition) is 4. The van der Waals surface area contributed by atoms with E-state index >= 15 is 0 Å². The van der Waals surface area contributed by atoms with Crippen LogP contribution >= 0.6 is 11.6 Å². The normalized spacial score (nSPS) is 12.3. The molecule has 2 rings (SSSR count). The summed E-state index contributed by atoms with van der Waals surface area (Å²) in [5.74, 6) is -0.966. The van der Waals surface area contributed by atoms with Crippen LogP contribution in [0.2, 0.25) is 5.02 Å². The lowest BCUT2D eigenvalue weighted by Gasteiger charge is -2.21. The topological polar surface area (TPSA) is 75.7 Å². The lowest BCUT2D eigenvalue weighted by Crippen LogP contribution is -2.33. The van der Waals surface area contributed by atoms with Crippen LogP contribution in [0.5, 0.6) is 5.75 Å². The quantitative estimate of drug-likeness (QED) is 0.651. The molecule has 164 valence electrons. The third-order valence-electron chi connectivity index (χ3n) is 4.08. The molecule has 0 heterocycles. The number of nitrogens with zero attached hydrogens (tertiary/aromatic N) is 1. The number of alkyl halides is 3. The van der Waals surface area contributed by atoms with Crippen LogP contribution in [0, 0.1) is 0 Å². The molecule has 0 fully saturated rings. The standard InChI is InChI=1S/C19H20ClF3N2O4S/c1-12(2)25(3)30(27,28)15-6-4-5-13(9-15)18(26)24-16-10-14(20)7-8-17(16)29-11-19(21,22)23/h4-10,12H,11H2,1-3H3,(H,24,26). The van der Waals surface area contributed by atoms with Gasteiger partial charge in [0.05, 0.1) is 10.6 Å². The van der Waals surface area contributed by atoms with Gasteiger partial charge in [0, 0.05) is 23.7 Å². The minimum absolute atomic E-state index is 0.00465. The maximum Gasteiger partial charge on any atom is 0.422 e. The van der Waals surface area contributed by atoms with Crippen molar-refractivity contribution >= 4 is 33.2 Å². The van der Waals surface area contributed by atoms with Gasteiger partial charge in [0.15, 0.2) is 6.61 Å². The molecule has 1 N–H and O–H groups in total. The van der Waals surface area contributed by atoms with Gasteiger partial charge in [-0.3, -0.25) is 4.79 Å². The summed E-state index contributed by atoms with van der Waals surface area (Å²) in [4.78, 5) is 12.5. The second kappa shape index (κ2) is 9.23. The number of anilines is 1. The highest BCUT2D eigenvalue weighted by Crippen LogP contribution is 2.30. The van der Waals surface area contributed by atoms with Crippen molar-refractivity contribution in [2.45, 2.75) is 31.0 Å². The first kappa shape index (κ1) is 24.0. The van der Waals surface area contributed by atoms with Gasteiger partial charge in [0.25, 0.3) is 5.91 Å². The van der Waals surface area contributed by atoms with Gasteiger partial charge in [-0.1, -0.05) is 17.7 Å². The fourth-order valence-electron chi connectivity index (χ4n) is 2.32. The van der Waals surface area contributed by atoms with Gasteiger partial charge in [0.1, 0.15) is 5.75 Å². The van der Waals surface area contributed by atoms with E-state index in [2.05, 4.69) is 5.32 Å². The van der Waals surface area contributed by atoms with Gasteiger partial charge < -0.3 is 10.1 Å². The Morgan fingerprint density at radius 2 is 1.87 bits per heavy atom. The predicted octanol–water partition coefficient (Wildman–Crippen LogP) is 4.56. The zero-order chi connectivity index (χ0) is 22.7. The van der Waals surface area contributed by atoms with Crippen LogP contribution in [-0.2, 0) is 10.0 Å². The monoisotopic (exact) mass is 464 g/mol. The van der Waals surface area contributed by atoms with Gasteiger partial charge in [-0.25, -0.2) is 8.42 Å². The van der Waals surface area contributed by atoms with E-state index in [1.807, 2.05) is 0 Å². The number of halogens is 4. The number of amides is 1. The SMILES string of the molecule is CC(C)N(C)S(=O)(=O)c1cccc(C(=O)Nc2cc(Cl)ccc2OCC(F)(F)F)c1. The van der Waals surface area contributed by atoms with Gasteiger partial charge in [-0.15, -0.1) is 0 Å². The molecule has 0 unspecified atom stereocenters. The van der Waals surface area contributed by atoms with Crippen LogP contribution in [-0.4, -0.2) is 44.5 Å². The molecule has 0 bridgehead atoms. The molecule has 6 nitrogen and oxygen atoms in total. The molecule has 0 saturated heterocycles. The number of carbonyl (C=O) groups is 1. The summed E-state index contributed by atoms with van der Waals surface area (Å²) in [6.07, 6.45) is -4.56. The zero-order valence-electron chi connectivity index (χ0n) is 16.3. The highest BCUT2D eigenvalue weighted by molar-refractivity contribution is 7.89. The zero-order valence-corrected chi connectivity index (χ0v) is 17.9. The second-order valence-corrected chi connectivity index (χ2v) is 9.08. The van der Waals surface area contributed by atoms with E-state index < -0.39 is 28.7 Å². The predicted molar refractivity (Wildman–Crippen MR) is 107 cm³/mol. The molecule has 2 aromatic carbocycles. The fourth-order valence-corrected chi connectivity index (χ4v) is 3.91. The van der Waals surface area contributed by atoms with Gasteiger partial charge in [0.2, 0.25) is 10.0 Å². The van der Waals surface area contributed by atoms with Crippen LogP contribution in [0.25, 0.3) is 0 Å². The van der Waals surface area contributed by atoms with Crippen molar-refractivity contribution in [3.8, 4) is 5.75 Å². The van der Waals surface area contributed by atoms with E-state index in [4.69, 9.17) is 16.3 Å². The average molecular weight is 465 g/mol. The molecule has 0 aromatic heterocycles. The molecule has 0 radical (unpaired) electrons. The van der Waals surface area contributed by atoms with Crippen LogP contribution in [0.1, 0.15) is 24.2 Å². The summed E-state index contributed by atoms with van der Waals surface area (Å²) < 4.78 is 68.5. The highest BCUT2D eigenvalue weighted by atomic mass is 35.5. The van der Waals surface area contributed by atoms with E-state index in [1.165, 1.54) is 49.5 Å². The third-order valence-corrected chi connectivity index (χ3v) is 6.35. The Hall–Kier alpha value is -2.30. The Bertz CT molecular complexity index is 1030. The Morgan fingerprint density at radius 1 is 1.20 bits per heavy atom. The Kier molecular flexibility index (Phi) is 7.38. The molecule has 11 heteroatoms. The van der Waals surface area contributed by atoms with E-state index in [9.17, 15) is 26.4 Å². The molecule has 0 aliphatic rings. The summed E-state index contributed by atoms with van der Waals surface area (Å²) >= 11 is 5.87. The maximum atomic E-state index is 12.6. The lowest BCUT2D eigenvalue weighted by atomic mass is 10.2. The number of rotatable bonds is 7. The Balaban J connectivity index is 2.30. The molecule has 0 aliphatic heterocycles. The lowest BCUT2D eigenvalue weighted by molar-refractivity contribution is -0.153. The summed E-state index contributed by atoms with van der Waals surface area (Å²) in [6.45, 7) is 1.86. The number of sulfonamides is 1. The van der Waals surface area contributed by atoms with E-state index in [0.717, 1.165) is 4.31 Å². The third kappa shape index (κ3) is 6.10. The molecule has 0 spiro atoms. The van der Waals surface area contributed by atoms with Crippen molar-refractivity contribution in [2.24, 2.45) is 0 Å².